The van der Waals surface area contributed by atoms with Gasteiger partial charge in [0.15, 0.2) is 0 Å². The molecule has 86 valence electrons. The van der Waals surface area contributed by atoms with Crippen LogP contribution in [0.15, 0.2) is 18.2 Å². The minimum Gasteiger partial charge on any atom is -0.381 e. The topological polar surface area (TPSA) is 35.8 Å². The van der Waals surface area contributed by atoms with Gasteiger partial charge in [-0.3, -0.25) is 0 Å². The van der Waals surface area contributed by atoms with Gasteiger partial charge in [0, 0.05) is 6.04 Å². The maximum absolute atomic E-state index is 9.12. The Labute approximate surface area is 98.3 Å². The zero-order valence-corrected chi connectivity index (χ0v) is 10.5. The zero-order chi connectivity index (χ0) is 12.1. The fourth-order valence-corrected chi connectivity index (χ4v) is 1.68. The van der Waals surface area contributed by atoms with Crippen molar-refractivity contribution in [3.63, 3.8) is 0 Å². The summed E-state index contributed by atoms with van der Waals surface area (Å²) in [4.78, 5) is 0. The molecule has 0 saturated heterocycles. The number of nitrogens with zero attached hydrogens (tertiary/aromatic N) is 1. The number of anilines is 1. The number of nitriles is 1. The highest BCUT2D eigenvalue weighted by molar-refractivity contribution is 5.61. The van der Waals surface area contributed by atoms with Crippen LogP contribution in [0.2, 0.25) is 0 Å². The van der Waals surface area contributed by atoms with Crippen LogP contribution in [0.1, 0.15) is 38.3 Å². The first kappa shape index (κ1) is 12.6. The van der Waals surface area contributed by atoms with Crippen LogP contribution in [-0.4, -0.2) is 6.04 Å². The van der Waals surface area contributed by atoms with Gasteiger partial charge in [-0.05, 0) is 31.4 Å². The van der Waals surface area contributed by atoms with E-state index >= 15 is 0 Å². The molecule has 0 aromatic heterocycles. The van der Waals surface area contributed by atoms with Crippen molar-refractivity contribution < 1.29 is 0 Å². The number of benzene rings is 1. The van der Waals surface area contributed by atoms with Gasteiger partial charge in [-0.2, -0.15) is 5.26 Å². The van der Waals surface area contributed by atoms with Crippen molar-refractivity contribution in [2.45, 2.75) is 40.2 Å². The Morgan fingerprint density at radius 3 is 2.62 bits per heavy atom. The first-order valence-corrected chi connectivity index (χ1v) is 5.86. The Hall–Kier alpha value is -1.49. The van der Waals surface area contributed by atoms with Crippen LogP contribution in [0.3, 0.4) is 0 Å². The molecule has 1 aromatic rings. The lowest BCUT2D eigenvalue weighted by molar-refractivity contribution is 0.494. The van der Waals surface area contributed by atoms with E-state index in [0.29, 0.717) is 12.0 Å². The summed E-state index contributed by atoms with van der Waals surface area (Å²) in [5.41, 5.74) is 2.75. The third-order valence-electron chi connectivity index (χ3n) is 3.27. The summed E-state index contributed by atoms with van der Waals surface area (Å²) in [5.74, 6) is 0.604. The van der Waals surface area contributed by atoms with Crippen LogP contribution in [0.5, 0.6) is 0 Å². The van der Waals surface area contributed by atoms with Crippen molar-refractivity contribution in [2.24, 2.45) is 5.92 Å². The molecular weight excluding hydrogens is 196 g/mol. The maximum atomic E-state index is 9.12. The molecule has 0 heterocycles. The predicted molar refractivity (Wildman–Crippen MR) is 68.4 cm³/mol. The Morgan fingerprint density at radius 1 is 1.38 bits per heavy atom. The zero-order valence-electron chi connectivity index (χ0n) is 10.5. The summed E-state index contributed by atoms with van der Waals surface area (Å²) < 4.78 is 0. The fraction of sp³-hybridized carbons (Fsp3) is 0.500. The Balaban J connectivity index is 2.90. The lowest BCUT2D eigenvalue weighted by Gasteiger charge is -2.22. The highest BCUT2D eigenvalue weighted by Gasteiger charge is 2.12. The molecule has 1 aromatic carbocycles. The average molecular weight is 216 g/mol. The van der Waals surface area contributed by atoms with Gasteiger partial charge in [-0.25, -0.2) is 0 Å². The van der Waals surface area contributed by atoms with E-state index in [0.717, 1.165) is 23.2 Å². The number of hydrogen-bond acceptors (Lipinski definition) is 2. The van der Waals surface area contributed by atoms with E-state index in [9.17, 15) is 0 Å². The van der Waals surface area contributed by atoms with Crippen molar-refractivity contribution in [2.75, 3.05) is 5.32 Å². The fourth-order valence-electron chi connectivity index (χ4n) is 1.68. The molecule has 1 rings (SSSR count). The van der Waals surface area contributed by atoms with Crippen LogP contribution in [0.4, 0.5) is 5.69 Å². The second kappa shape index (κ2) is 5.55. The summed E-state index contributed by atoms with van der Waals surface area (Å²) in [5, 5.41) is 12.5. The molecule has 2 nitrogen and oxygen atoms in total. The van der Waals surface area contributed by atoms with Gasteiger partial charge >= 0.3 is 0 Å². The van der Waals surface area contributed by atoms with Gasteiger partial charge in [-0.15, -0.1) is 0 Å². The molecule has 16 heavy (non-hydrogen) atoms. The maximum Gasteiger partial charge on any atom is 0.102 e. The second-order valence-corrected chi connectivity index (χ2v) is 4.43. The van der Waals surface area contributed by atoms with E-state index < -0.39 is 0 Å². The number of hydrogen-bond donors (Lipinski definition) is 1. The lowest BCUT2D eigenvalue weighted by Crippen LogP contribution is -2.23. The summed E-state index contributed by atoms with van der Waals surface area (Å²) in [7, 11) is 0. The third kappa shape index (κ3) is 2.76. The quantitative estimate of drug-likeness (QED) is 0.832. The number of aryl methyl sites for hydroxylation is 1. The molecule has 1 N–H and O–H groups in total. The minimum absolute atomic E-state index is 0.388. The van der Waals surface area contributed by atoms with Gasteiger partial charge in [0.05, 0.1) is 11.3 Å². The third-order valence-corrected chi connectivity index (χ3v) is 3.27. The Morgan fingerprint density at radius 2 is 2.06 bits per heavy atom. The highest BCUT2D eigenvalue weighted by Crippen LogP contribution is 2.21. The van der Waals surface area contributed by atoms with Crippen LogP contribution >= 0.6 is 0 Å². The molecule has 2 heteroatoms. The van der Waals surface area contributed by atoms with Crippen molar-refractivity contribution in [3.05, 3.63) is 29.3 Å². The first-order valence-electron chi connectivity index (χ1n) is 5.86. The monoisotopic (exact) mass is 216 g/mol. The molecule has 0 bridgehead atoms. The van der Waals surface area contributed by atoms with Gasteiger partial charge in [0.2, 0.25) is 0 Å². The normalized spacial score (nSPS) is 13.9. The standard InChI is InChI=1S/C14H20N2/c1-5-10(2)12(4)16-14-8-6-7-11(3)13(14)9-15/h6-8,10,12,16H,5H2,1-4H3. The Bertz CT molecular complexity index is 390. The molecule has 0 aliphatic heterocycles. The van der Waals surface area contributed by atoms with Crippen molar-refractivity contribution in [3.8, 4) is 6.07 Å². The lowest BCUT2D eigenvalue weighted by atomic mass is 9.99. The van der Waals surface area contributed by atoms with Gasteiger partial charge in [0.1, 0.15) is 6.07 Å². The van der Waals surface area contributed by atoms with E-state index in [-0.39, 0.29) is 0 Å². The van der Waals surface area contributed by atoms with Crippen molar-refractivity contribution in [1.82, 2.24) is 0 Å². The number of rotatable bonds is 4. The SMILES string of the molecule is CCC(C)C(C)Nc1cccc(C)c1C#N. The van der Waals surface area contributed by atoms with E-state index in [4.69, 9.17) is 5.26 Å². The molecular formula is C14H20N2. The minimum atomic E-state index is 0.388. The summed E-state index contributed by atoms with van der Waals surface area (Å²) in [6, 6.07) is 8.59. The molecule has 0 amide bonds. The van der Waals surface area contributed by atoms with Gasteiger partial charge < -0.3 is 5.32 Å². The van der Waals surface area contributed by atoms with Crippen LogP contribution < -0.4 is 5.32 Å². The summed E-state index contributed by atoms with van der Waals surface area (Å²) in [6.45, 7) is 8.54. The van der Waals surface area contributed by atoms with E-state index in [2.05, 4.69) is 32.2 Å². The molecule has 0 radical (unpaired) electrons. The second-order valence-electron chi connectivity index (χ2n) is 4.43. The summed E-state index contributed by atoms with van der Waals surface area (Å²) in [6.07, 6.45) is 1.14. The van der Waals surface area contributed by atoms with Gasteiger partial charge in [-0.1, -0.05) is 32.4 Å². The Kier molecular flexibility index (Phi) is 4.37. The average Bonchev–Trinajstić information content (AvgIpc) is 2.28. The smallest absolute Gasteiger partial charge is 0.102 e. The van der Waals surface area contributed by atoms with E-state index in [1.165, 1.54) is 0 Å². The van der Waals surface area contributed by atoms with Crippen LogP contribution in [0, 0.1) is 24.2 Å². The van der Waals surface area contributed by atoms with Gasteiger partial charge in [0.25, 0.3) is 0 Å². The van der Waals surface area contributed by atoms with Crippen LogP contribution in [-0.2, 0) is 0 Å². The van der Waals surface area contributed by atoms with Crippen molar-refractivity contribution >= 4 is 5.69 Å². The molecule has 0 aliphatic rings. The molecule has 0 aliphatic carbocycles. The predicted octanol–water partition coefficient (Wildman–Crippen LogP) is 3.71. The van der Waals surface area contributed by atoms with Crippen molar-refractivity contribution in [1.29, 1.82) is 5.26 Å². The first-order chi connectivity index (χ1) is 7.60. The largest absolute Gasteiger partial charge is 0.381 e. The van der Waals surface area contributed by atoms with E-state index in [1.54, 1.807) is 0 Å². The van der Waals surface area contributed by atoms with Crippen LogP contribution in [0.25, 0.3) is 0 Å². The molecule has 0 fully saturated rings. The molecule has 2 unspecified atom stereocenters. The highest BCUT2D eigenvalue weighted by atomic mass is 14.9. The molecule has 0 saturated carbocycles. The van der Waals surface area contributed by atoms with E-state index in [1.807, 2.05) is 25.1 Å². The molecule has 2 atom stereocenters. The summed E-state index contributed by atoms with van der Waals surface area (Å²) >= 11 is 0. The number of nitrogens with one attached hydrogen (secondary N) is 1. The molecule has 0 spiro atoms.